The average molecular weight is 252 g/mol. The van der Waals surface area contributed by atoms with Gasteiger partial charge in [0.1, 0.15) is 11.6 Å². The fourth-order valence-corrected chi connectivity index (χ4v) is 2.81. The van der Waals surface area contributed by atoms with Crippen LogP contribution in [0.1, 0.15) is 50.2 Å². The van der Waals surface area contributed by atoms with Gasteiger partial charge in [0.15, 0.2) is 0 Å². The maximum absolute atomic E-state index is 6.06. The largest absolute Gasteiger partial charge is 0.380 e. The summed E-state index contributed by atoms with van der Waals surface area (Å²) in [5.74, 6) is 2.41. The molecule has 1 aliphatic carbocycles. The van der Waals surface area contributed by atoms with E-state index in [1.54, 1.807) is 7.11 Å². The van der Waals surface area contributed by atoms with Crippen molar-refractivity contribution in [3.63, 3.8) is 0 Å². The minimum Gasteiger partial charge on any atom is -0.380 e. The summed E-state index contributed by atoms with van der Waals surface area (Å²) in [7, 11) is 1.74. The quantitative estimate of drug-likeness (QED) is 0.884. The molecular formula is C13H24N4O. The Morgan fingerprint density at radius 3 is 2.89 bits per heavy atom. The van der Waals surface area contributed by atoms with Crippen molar-refractivity contribution in [2.75, 3.05) is 7.11 Å². The summed E-state index contributed by atoms with van der Waals surface area (Å²) in [6.45, 7) is 5.06. The second-order valence-corrected chi connectivity index (χ2v) is 5.19. The van der Waals surface area contributed by atoms with Crippen LogP contribution in [-0.2, 0) is 11.3 Å². The van der Waals surface area contributed by atoms with Gasteiger partial charge in [0.25, 0.3) is 0 Å². The zero-order valence-corrected chi connectivity index (χ0v) is 11.6. The van der Waals surface area contributed by atoms with Crippen LogP contribution in [0.15, 0.2) is 0 Å². The number of rotatable bonds is 4. The first kappa shape index (κ1) is 13.5. The lowest BCUT2D eigenvalue weighted by Crippen LogP contribution is -2.41. The van der Waals surface area contributed by atoms with Gasteiger partial charge in [-0.1, -0.05) is 6.92 Å². The van der Waals surface area contributed by atoms with Crippen LogP contribution in [0.4, 0.5) is 0 Å². The van der Waals surface area contributed by atoms with Crippen molar-refractivity contribution in [1.29, 1.82) is 0 Å². The molecule has 1 aliphatic rings. The number of hydrogen-bond donors (Lipinski definition) is 1. The first-order valence-electron chi connectivity index (χ1n) is 6.85. The lowest BCUT2D eigenvalue weighted by atomic mass is 9.83. The van der Waals surface area contributed by atoms with Crippen molar-refractivity contribution in [2.45, 2.75) is 64.1 Å². The highest BCUT2D eigenvalue weighted by atomic mass is 16.5. The van der Waals surface area contributed by atoms with Gasteiger partial charge in [0, 0.05) is 25.6 Å². The molecule has 1 saturated carbocycles. The minimum atomic E-state index is 0.149. The summed E-state index contributed by atoms with van der Waals surface area (Å²) in [5.41, 5.74) is 6.06. The predicted molar refractivity (Wildman–Crippen MR) is 70.4 cm³/mol. The van der Waals surface area contributed by atoms with Gasteiger partial charge in [-0.05, 0) is 32.6 Å². The third-order valence-corrected chi connectivity index (χ3v) is 3.75. The topological polar surface area (TPSA) is 66.0 Å². The van der Waals surface area contributed by atoms with Crippen molar-refractivity contribution in [3.8, 4) is 0 Å². The summed E-state index contributed by atoms with van der Waals surface area (Å²) in [4.78, 5) is 4.60. The highest BCUT2D eigenvalue weighted by Crippen LogP contribution is 2.32. The van der Waals surface area contributed by atoms with Crippen LogP contribution in [-0.4, -0.2) is 34.0 Å². The Bertz CT molecular complexity index is 390. The van der Waals surface area contributed by atoms with Gasteiger partial charge >= 0.3 is 0 Å². The second-order valence-electron chi connectivity index (χ2n) is 5.19. The molecule has 5 nitrogen and oxygen atoms in total. The second kappa shape index (κ2) is 5.80. The molecular weight excluding hydrogens is 228 g/mol. The van der Waals surface area contributed by atoms with Crippen molar-refractivity contribution in [1.82, 2.24) is 14.8 Å². The van der Waals surface area contributed by atoms with Gasteiger partial charge in [0.05, 0.1) is 6.10 Å². The van der Waals surface area contributed by atoms with E-state index in [-0.39, 0.29) is 12.1 Å². The molecule has 2 rings (SSSR count). The SMILES string of the molecule is CCCn1nc(C)nc1[C@H]1CC[C@@H](N)[C@H](OC)C1. The van der Waals surface area contributed by atoms with E-state index in [4.69, 9.17) is 10.5 Å². The minimum absolute atomic E-state index is 0.149. The first-order chi connectivity index (χ1) is 8.65. The highest BCUT2D eigenvalue weighted by molar-refractivity contribution is 5.04. The third-order valence-electron chi connectivity index (χ3n) is 3.75. The Labute approximate surface area is 109 Å². The number of methoxy groups -OCH3 is 1. The zero-order valence-electron chi connectivity index (χ0n) is 11.6. The summed E-state index contributed by atoms with van der Waals surface area (Å²) >= 11 is 0. The van der Waals surface area contributed by atoms with Crippen LogP contribution < -0.4 is 5.73 Å². The van der Waals surface area contributed by atoms with Crippen LogP contribution in [0.3, 0.4) is 0 Å². The lowest BCUT2D eigenvalue weighted by molar-refractivity contribution is 0.0455. The number of aromatic nitrogens is 3. The molecule has 0 spiro atoms. The van der Waals surface area contributed by atoms with Crippen molar-refractivity contribution < 1.29 is 4.74 Å². The summed E-state index contributed by atoms with van der Waals surface area (Å²) < 4.78 is 7.54. The highest BCUT2D eigenvalue weighted by Gasteiger charge is 2.31. The molecule has 0 unspecified atom stereocenters. The third kappa shape index (κ3) is 2.72. The molecule has 1 fully saturated rings. The molecule has 3 atom stereocenters. The molecule has 1 aromatic heterocycles. The van der Waals surface area contributed by atoms with Gasteiger partial charge in [0.2, 0.25) is 0 Å². The van der Waals surface area contributed by atoms with E-state index < -0.39 is 0 Å². The average Bonchev–Trinajstić information content (AvgIpc) is 2.71. The molecule has 0 radical (unpaired) electrons. The smallest absolute Gasteiger partial charge is 0.147 e. The molecule has 0 aliphatic heterocycles. The Balaban J connectivity index is 2.15. The lowest BCUT2D eigenvalue weighted by Gasteiger charge is -2.32. The first-order valence-corrected chi connectivity index (χ1v) is 6.85. The molecule has 18 heavy (non-hydrogen) atoms. The molecule has 1 aromatic rings. The molecule has 2 N–H and O–H groups in total. The Morgan fingerprint density at radius 1 is 1.44 bits per heavy atom. The van der Waals surface area contributed by atoms with E-state index in [0.717, 1.165) is 43.9 Å². The molecule has 0 saturated heterocycles. The Kier molecular flexibility index (Phi) is 4.35. The number of ether oxygens (including phenoxy) is 1. The van der Waals surface area contributed by atoms with E-state index in [0.29, 0.717) is 5.92 Å². The molecule has 102 valence electrons. The van der Waals surface area contributed by atoms with E-state index in [9.17, 15) is 0 Å². The fourth-order valence-electron chi connectivity index (χ4n) is 2.81. The Hall–Kier alpha value is -0.940. The monoisotopic (exact) mass is 252 g/mol. The maximum atomic E-state index is 6.06. The molecule has 1 heterocycles. The van der Waals surface area contributed by atoms with E-state index >= 15 is 0 Å². The standard InChI is InChI=1S/C13H24N4O/c1-4-7-17-13(15-9(2)16-17)10-5-6-11(14)12(8-10)18-3/h10-12H,4-8,14H2,1-3H3/t10-,11+,12+/m0/s1. The normalized spacial score (nSPS) is 28.6. The number of nitrogens with zero attached hydrogens (tertiary/aromatic N) is 3. The molecule has 0 amide bonds. The van der Waals surface area contributed by atoms with Gasteiger partial charge < -0.3 is 10.5 Å². The van der Waals surface area contributed by atoms with Crippen LogP contribution in [0.5, 0.6) is 0 Å². The van der Waals surface area contributed by atoms with E-state index in [1.165, 1.54) is 0 Å². The molecule has 0 aromatic carbocycles. The van der Waals surface area contributed by atoms with Crippen LogP contribution >= 0.6 is 0 Å². The van der Waals surface area contributed by atoms with Gasteiger partial charge in [-0.3, -0.25) is 0 Å². The number of hydrogen-bond acceptors (Lipinski definition) is 4. The fraction of sp³-hybridized carbons (Fsp3) is 0.846. The Morgan fingerprint density at radius 2 is 2.22 bits per heavy atom. The molecule has 0 bridgehead atoms. The van der Waals surface area contributed by atoms with Gasteiger partial charge in [-0.15, -0.1) is 0 Å². The van der Waals surface area contributed by atoms with E-state index in [2.05, 4.69) is 21.7 Å². The van der Waals surface area contributed by atoms with Crippen molar-refractivity contribution in [3.05, 3.63) is 11.6 Å². The van der Waals surface area contributed by atoms with Gasteiger partial charge in [-0.2, -0.15) is 5.10 Å². The summed E-state index contributed by atoms with van der Waals surface area (Å²) in [6, 6.07) is 0.162. The van der Waals surface area contributed by atoms with Crippen molar-refractivity contribution in [2.24, 2.45) is 5.73 Å². The number of nitrogens with two attached hydrogens (primary N) is 1. The van der Waals surface area contributed by atoms with Crippen LogP contribution in [0.2, 0.25) is 0 Å². The molecule has 5 heteroatoms. The summed E-state index contributed by atoms with van der Waals surface area (Å²) in [6.07, 6.45) is 4.27. The van der Waals surface area contributed by atoms with E-state index in [1.807, 2.05) is 6.92 Å². The van der Waals surface area contributed by atoms with Crippen LogP contribution in [0.25, 0.3) is 0 Å². The summed E-state index contributed by atoms with van der Waals surface area (Å²) in [5, 5.41) is 4.48. The number of aryl methyl sites for hydroxylation is 2. The predicted octanol–water partition coefficient (Wildman–Crippen LogP) is 1.61. The van der Waals surface area contributed by atoms with Crippen molar-refractivity contribution >= 4 is 0 Å². The zero-order chi connectivity index (χ0) is 13.1. The van der Waals surface area contributed by atoms with Gasteiger partial charge in [-0.25, -0.2) is 9.67 Å². The van der Waals surface area contributed by atoms with Crippen LogP contribution in [0, 0.1) is 6.92 Å². The maximum Gasteiger partial charge on any atom is 0.147 e.